The number of nitriles is 1. The minimum Gasteiger partial charge on any atom is -0.480 e. The first-order valence-electron chi connectivity index (χ1n) is 12.0. The van der Waals surface area contributed by atoms with Crippen LogP contribution in [0.4, 0.5) is 4.79 Å². The molecule has 4 rings (SSSR count). The highest BCUT2D eigenvalue weighted by Crippen LogP contribution is 2.44. The molecule has 0 saturated heterocycles. The normalized spacial score (nSPS) is 16.4. The van der Waals surface area contributed by atoms with Crippen LogP contribution in [0.15, 0.2) is 48.5 Å². The van der Waals surface area contributed by atoms with Gasteiger partial charge in [0.05, 0.1) is 6.07 Å². The Morgan fingerprint density at radius 1 is 1.06 bits per heavy atom. The minimum atomic E-state index is -1.31. The molecule has 2 aliphatic carbocycles. The second kappa shape index (κ2) is 10.6. The monoisotopic (exact) mass is 475 g/mol. The Hall–Kier alpha value is -3.86. The number of fused-ring (bicyclic) bond motifs is 3. The number of amides is 2. The van der Waals surface area contributed by atoms with Gasteiger partial charge in [-0.15, -0.1) is 0 Å². The van der Waals surface area contributed by atoms with Crippen LogP contribution in [0.3, 0.4) is 0 Å². The summed E-state index contributed by atoms with van der Waals surface area (Å²) >= 11 is 0. The molecular weight excluding hydrogens is 446 g/mol. The van der Waals surface area contributed by atoms with Gasteiger partial charge in [-0.3, -0.25) is 4.79 Å². The lowest BCUT2D eigenvalue weighted by Crippen LogP contribution is -2.58. The SMILES string of the molecule is N#CCCCC(NC(=O)OCC1c2ccccc2-c2ccccc21)C(=O)NC1(C(=O)O)CCCC1. The molecule has 0 aromatic heterocycles. The molecule has 35 heavy (non-hydrogen) atoms. The summed E-state index contributed by atoms with van der Waals surface area (Å²) in [6, 6.07) is 17.0. The standard InChI is InChI=1S/C27H29N3O5/c28-16-8-5-13-23(24(31)30-27(25(32)33)14-6-7-15-27)29-26(34)35-17-22-20-11-3-1-9-18(20)19-10-2-4-12-21(19)22/h1-4,9-12,22-23H,5-8,13-15,17H2,(H,29,34)(H,30,31)(H,32,33). The second-order valence-corrected chi connectivity index (χ2v) is 9.16. The maximum Gasteiger partial charge on any atom is 0.407 e. The van der Waals surface area contributed by atoms with Crippen LogP contribution in [0.2, 0.25) is 0 Å². The minimum absolute atomic E-state index is 0.103. The van der Waals surface area contributed by atoms with Crippen molar-refractivity contribution in [1.82, 2.24) is 10.6 Å². The lowest BCUT2D eigenvalue weighted by atomic mass is 9.96. The number of rotatable bonds is 9. The van der Waals surface area contributed by atoms with Crippen LogP contribution in [0.5, 0.6) is 0 Å². The molecule has 3 N–H and O–H groups in total. The average molecular weight is 476 g/mol. The van der Waals surface area contributed by atoms with E-state index in [9.17, 15) is 19.5 Å². The number of ether oxygens (including phenoxy) is 1. The Balaban J connectivity index is 1.42. The van der Waals surface area contributed by atoms with Gasteiger partial charge in [0.25, 0.3) is 0 Å². The number of carbonyl (C=O) groups is 3. The average Bonchev–Trinajstić information content (AvgIpc) is 3.46. The van der Waals surface area contributed by atoms with E-state index in [1.807, 2.05) is 54.6 Å². The fraction of sp³-hybridized carbons (Fsp3) is 0.407. The number of hydrogen-bond acceptors (Lipinski definition) is 5. The zero-order valence-corrected chi connectivity index (χ0v) is 19.5. The van der Waals surface area contributed by atoms with Crippen molar-refractivity contribution in [3.05, 3.63) is 59.7 Å². The van der Waals surface area contributed by atoms with Gasteiger partial charge in [0.2, 0.25) is 5.91 Å². The van der Waals surface area contributed by atoms with Gasteiger partial charge < -0.3 is 20.5 Å². The van der Waals surface area contributed by atoms with Crippen LogP contribution in [0.1, 0.15) is 62.0 Å². The third kappa shape index (κ3) is 5.14. The van der Waals surface area contributed by atoms with Crippen molar-refractivity contribution in [2.75, 3.05) is 6.61 Å². The largest absolute Gasteiger partial charge is 0.480 e. The molecule has 0 radical (unpaired) electrons. The zero-order chi connectivity index (χ0) is 24.8. The number of nitrogens with one attached hydrogen (secondary N) is 2. The lowest BCUT2D eigenvalue weighted by molar-refractivity contribution is -0.147. The van der Waals surface area contributed by atoms with Crippen LogP contribution < -0.4 is 10.6 Å². The summed E-state index contributed by atoms with van der Waals surface area (Å²) in [6.07, 6.45) is 2.20. The highest BCUT2D eigenvalue weighted by atomic mass is 16.5. The van der Waals surface area contributed by atoms with Crippen molar-refractivity contribution < 1.29 is 24.2 Å². The van der Waals surface area contributed by atoms with E-state index in [0.29, 0.717) is 32.1 Å². The molecule has 1 unspecified atom stereocenters. The molecule has 1 saturated carbocycles. The van der Waals surface area contributed by atoms with Gasteiger partial charge in [-0.2, -0.15) is 5.26 Å². The van der Waals surface area contributed by atoms with Crippen molar-refractivity contribution in [1.29, 1.82) is 5.26 Å². The van der Waals surface area contributed by atoms with E-state index in [1.54, 1.807) is 0 Å². The molecule has 2 amide bonds. The van der Waals surface area contributed by atoms with Crippen LogP contribution in [0, 0.1) is 11.3 Å². The molecule has 2 aliphatic rings. The molecule has 0 heterocycles. The lowest BCUT2D eigenvalue weighted by Gasteiger charge is -2.28. The number of carbonyl (C=O) groups excluding carboxylic acids is 2. The van der Waals surface area contributed by atoms with Crippen molar-refractivity contribution >= 4 is 18.0 Å². The summed E-state index contributed by atoms with van der Waals surface area (Å²) in [5.74, 6) is -1.76. The number of unbranched alkanes of at least 4 members (excludes halogenated alkanes) is 1. The number of carboxylic acid groups (broad SMARTS) is 1. The molecule has 8 nitrogen and oxygen atoms in total. The first-order chi connectivity index (χ1) is 16.9. The Kier molecular flexibility index (Phi) is 7.35. The number of alkyl carbamates (subject to hydrolysis) is 1. The fourth-order valence-corrected chi connectivity index (χ4v) is 5.13. The van der Waals surface area contributed by atoms with Gasteiger partial charge in [0.1, 0.15) is 18.2 Å². The zero-order valence-electron chi connectivity index (χ0n) is 19.5. The van der Waals surface area contributed by atoms with Crippen molar-refractivity contribution in [2.24, 2.45) is 0 Å². The van der Waals surface area contributed by atoms with Gasteiger partial charge in [0.15, 0.2) is 0 Å². The van der Waals surface area contributed by atoms with E-state index in [-0.39, 0.29) is 25.4 Å². The van der Waals surface area contributed by atoms with Crippen LogP contribution in [-0.2, 0) is 14.3 Å². The molecule has 1 atom stereocenters. The van der Waals surface area contributed by atoms with E-state index in [2.05, 4.69) is 10.6 Å². The first kappa shape index (κ1) is 24.3. The fourth-order valence-electron chi connectivity index (χ4n) is 5.13. The van der Waals surface area contributed by atoms with Crippen LogP contribution in [0.25, 0.3) is 11.1 Å². The highest BCUT2D eigenvalue weighted by molar-refractivity contribution is 5.91. The van der Waals surface area contributed by atoms with Gasteiger partial charge in [-0.05, 0) is 47.9 Å². The molecular formula is C27H29N3O5. The van der Waals surface area contributed by atoms with E-state index in [0.717, 1.165) is 22.3 Å². The van der Waals surface area contributed by atoms with Crippen molar-refractivity contribution in [2.45, 2.75) is 62.4 Å². The molecule has 1 fully saturated rings. The third-order valence-corrected chi connectivity index (χ3v) is 6.96. The van der Waals surface area contributed by atoms with Gasteiger partial charge in [0, 0.05) is 12.3 Å². The Labute approximate surface area is 204 Å². The predicted octanol–water partition coefficient (Wildman–Crippen LogP) is 4.10. The molecule has 0 aliphatic heterocycles. The summed E-state index contributed by atoms with van der Waals surface area (Å²) in [4.78, 5) is 37.6. The number of aliphatic carboxylic acids is 1. The Morgan fingerprint density at radius 2 is 1.66 bits per heavy atom. The predicted molar refractivity (Wildman–Crippen MR) is 128 cm³/mol. The second-order valence-electron chi connectivity index (χ2n) is 9.16. The Morgan fingerprint density at radius 3 is 2.23 bits per heavy atom. The molecule has 0 bridgehead atoms. The maximum atomic E-state index is 13.0. The quantitative estimate of drug-likeness (QED) is 0.469. The van der Waals surface area contributed by atoms with Gasteiger partial charge >= 0.3 is 12.1 Å². The summed E-state index contributed by atoms with van der Waals surface area (Å²) in [6.45, 7) is 0.103. The van der Waals surface area contributed by atoms with Crippen LogP contribution in [-0.4, -0.2) is 41.3 Å². The molecule has 2 aromatic carbocycles. The van der Waals surface area contributed by atoms with E-state index in [4.69, 9.17) is 10.00 Å². The molecule has 182 valence electrons. The number of nitrogens with zero attached hydrogens (tertiary/aromatic N) is 1. The van der Waals surface area contributed by atoms with E-state index >= 15 is 0 Å². The summed E-state index contributed by atoms with van der Waals surface area (Å²) in [5, 5.41) is 23.8. The van der Waals surface area contributed by atoms with E-state index in [1.165, 1.54) is 0 Å². The summed E-state index contributed by atoms with van der Waals surface area (Å²) in [7, 11) is 0. The van der Waals surface area contributed by atoms with E-state index < -0.39 is 29.6 Å². The molecule has 0 spiro atoms. The van der Waals surface area contributed by atoms with Crippen LogP contribution >= 0.6 is 0 Å². The first-order valence-corrected chi connectivity index (χ1v) is 12.0. The molecule has 2 aromatic rings. The topological polar surface area (TPSA) is 129 Å². The van der Waals surface area contributed by atoms with Gasteiger partial charge in [-0.1, -0.05) is 61.4 Å². The third-order valence-electron chi connectivity index (χ3n) is 6.96. The maximum absolute atomic E-state index is 13.0. The highest BCUT2D eigenvalue weighted by Gasteiger charge is 2.43. The van der Waals surface area contributed by atoms with Gasteiger partial charge in [-0.25, -0.2) is 9.59 Å². The number of benzene rings is 2. The van der Waals surface area contributed by atoms with Crippen molar-refractivity contribution in [3.8, 4) is 17.2 Å². The smallest absolute Gasteiger partial charge is 0.407 e. The number of hydrogen-bond donors (Lipinski definition) is 3. The summed E-state index contributed by atoms with van der Waals surface area (Å²) < 4.78 is 5.56. The summed E-state index contributed by atoms with van der Waals surface area (Å²) in [5.41, 5.74) is 3.07. The Bertz CT molecular complexity index is 1100. The number of carboxylic acids is 1. The van der Waals surface area contributed by atoms with Crippen molar-refractivity contribution in [3.63, 3.8) is 0 Å². The molecule has 8 heteroatoms.